The molecule has 1 saturated heterocycles. The van der Waals surface area contributed by atoms with Gasteiger partial charge in [0, 0.05) is 6.04 Å². The van der Waals surface area contributed by atoms with Crippen LogP contribution in [0.1, 0.15) is 29.4 Å². The average Bonchev–Trinajstić information content (AvgIpc) is 2.91. The van der Waals surface area contributed by atoms with Crippen LogP contribution in [-0.4, -0.2) is 39.9 Å². The number of carbonyl (C=O) groups excluding carboxylic acids is 1. The largest absolute Gasteiger partial charge is 0.504 e. The van der Waals surface area contributed by atoms with E-state index in [2.05, 4.69) is 22.7 Å². The molecule has 6 nitrogen and oxygen atoms in total. The number of carbonyl (C=O) groups is 1. The number of halogens is 2. The summed E-state index contributed by atoms with van der Waals surface area (Å²) in [5.41, 5.74) is 1.25. The van der Waals surface area contributed by atoms with E-state index in [0.717, 1.165) is 19.5 Å². The number of amides is 1. The number of benzene rings is 1. The molecule has 0 bridgehead atoms. The van der Waals surface area contributed by atoms with Gasteiger partial charge in [0.25, 0.3) is 5.91 Å². The second-order valence-electron chi connectivity index (χ2n) is 6.29. The van der Waals surface area contributed by atoms with Crippen LogP contribution in [0.4, 0.5) is 4.39 Å². The first-order valence-electron chi connectivity index (χ1n) is 8.02. The zero-order chi connectivity index (χ0) is 17.3. The third kappa shape index (κ3) is 4.11. The molecule has 3 rings (SSSR count). The molecule has 25 heavy (non-hydrogen) atoms. The Morgan fingerprint density at radius 3 is 2.92 bits per heavy atom. The summed E-state index contributed by atoms with van der Waals surface area (Å²) in [7, 11) is 0. The van der Waals surface area contributed by atoms with E-state index >= 15 is 0 Å². The maximum atomic E-state index is 13.2. The van der Waals surface area contributed by atoms with Crippen LogP contribution >= 0.6 is 12.4 Å². The van der Waals surface area contributed by atoms with Crippen molar-refractivity contribution in [3.63, 3.8) is 0 Å². The fourth-order valence-electron chi connectivity index (χ4n) is 2.99. The molecule has 2 unspecified atom stereocenters. The van der Waals surface area contributed by atoms with Gasteiger partial charge in [-0.1, -0.05) is 6.92 Å². The van der Waals surface area contributed by atoms with Crippen molar-refractivity contribution in [1.82, 2.24) is 20.4 Å². The van der Waals surface area contributed by atoms with Crippen LogP contribution in [0.2, 0.25) is 0 Å². The number of piperidine rings is 1. The van der Waals surface area contributed by atoms with Crippen LogP contribution in [0.5, 0.6) is 5.75 Å². The predicted octanol–water partition coefficient (Wildman–Crippen LogP) is 2.18. The fraction of sp³-hybridized carbons (Fsp3) is 0.412. The van der Waals surface area contributed by atoms with Crippen LogP contribution < -0.4 is 10.6 Å². The number of aromatic nitrogens is 2. The van der Waals surface area contributed by atoms with Crippen molar-refractivity contribution in [2.75, 3.05) is 13.1 Å². The Kier molecular flexibility index (Phi) is 6.02. The van der Waals surface area contributed by atoms with Gasteiger partial charge in [-0.15, -0.1) is 12.4 Å². The second kappa shape index (κ2) is 7.84. The zero-order valence-electron chi connectivity index (χ0n) is 14.1. The Bertz CT molecular complexity index is 765. The highest BCUT2D eigenvalue weighted by molar-refractivity contribution is 5.95. The van der Waals surface area contributed by atoms with Crippen LogP contribution in [0.3, 0.4) is 0 Å². The molecule has 2 heterocycles. The van der Waals surface area contributed by atoms with E-state index in [1.165, 1.54) is 23.0 Å². The highest BCUT2D eigenvalue weighted by atomic mass is 35.5. The van der Waals surface area contributed by atoms with Gasteiger partial charge in [0.1, 0.15) is 5.82 Å². The molecule has 1 fully saturated rings. The van der Waals surface area contributed by atoms with E-state index in [1.54, 1.807) is 13.0 Å². The maximum absolute atomic E-state index is 13.2. The summed E-state index contributed by atoms with van der Waals surface area (Å²) < 4.78 is 14.6. The van der Waals surface area contributed by atoms with Crippen molar-refractivity contribution in [3.05, 3.63) is 41.5 Å². The smallest absolute Gasteiger partial charge is 0.275 e. The van der Waals surface area contributed by atoms with E-state index in [9.17, 15) is 14.3 Å². The second-order valence-corrected chi connectivity index (χ2v) is 6.29. The van der Waals surface area contributed by atoms with E-state index in [4.69, 9.17) is 0 Å². The van der Waals surface area contributed by atoms with Gasteiger partial charge < -0.3 is 15.7 Å². The highest BCUT2D eigenvalue weighted by Gasteiger charge is 2.25. The molecule has 1 amide bonds. The van der Waals surface area contributed by atoms with Gasteiger partial charge >= 0.3 is 0 Å². The van der Waals surface area contributed by atoms with Crippen LogP contribution in [-0.2, 0) is 0 Å². The van der Waals surface area contributed by atoms with Gasteiger partial charge in [-0.25, -0.2) is 9.07 Å². The van der Waals surface area contributed by atoms with Crippen molar-refractivity contribution < 1.29 is 14.3 Å². The van der Waals surface area contributed by atoms with Gasteiger partial charge in [0.05, 0.1) is 11.9 Å². The molecule has 136 valence electrons. The molecule has 0 spiro atoms. The first kappa shape index (κ1) is 19.2. The first-order chi connectivity index (χ1) is 11.5. The van der Waals surface area contributed by atoms with Crippen molar-refractivity contribution in [1.29, 1.82) is 0 Å². The molecule has 1 aromatic heterocycles. The summed E-state index contributed by atoms with van der Waals surface area (Å²) in [6.07, 6.45) is 2.20. The minimum atomic E-state index is -0.398. The summed E-state index contributed by atoms with van der Waals surface area (Å²) >= 11 is 0. The molecular formula is C17H22ClFN4O2. The van der Waals surface area contributed by atoms with E-state index < -0.39 is 5.91 Å². The number of rotatable bonds is 3. The molecular weight excluding hydrogens is 347 g/mol. The minimum Gasteiger partial charge on any atom is -0.504 e. The summed E-state index contributed by atoms with van der Waals surface area (Å²) in [5, 5.41) is 20.5. The van der Waals surface area contributed by atoms with Crippen LogP contribution in [0.15, 0.2) is 24.4 Å². The van der Waals surface area contributed by atoms with Crippen molar-refractivity contribution in [2.45, 2.75) is 26.3 Å². The maximum Gasteiger partial charge on any atom is 0.275 e. The number of nitrogens with zero attached hydrogens (tertiary/aromatic N) is 2. The predicted molar refractivity (Wildman–Crippen MR) is 95.1 cm³/mol. The number of aromatic hydroxyl groups is 1. The minimum absolute atomic E-state index is 0. The Hall–Kier alpha value is -2.12. The van der Waals surface area contributed by atoms with Gasteiger partial charge in [0.15, 0.2) is 11.4 Å². The third-order valence-electron chi connectivity index (χ3n) is 4.42. The number of hydrogen-bond donors (Lipinski definition) is 3. The van der Waals surface area contributed by atoms with E-state index in [-0.39, 0.29) is 35.7 Å². The van der Waals surface area contributed by atoms with Gasteiger partial charge in [-0.3, -0.25) is 4.79 Å². The summed E-state index contributed by atoms with van der Waals surface area (Å²) in [6.45, 7) is 5.51. The van der Waals surface area contributed by atoms with E-state index in [1.807, 2.05) is 0 Å². The molecule has 1 aliphatic rings. The first-order valence-corrected chi connectivity index (χ1v) is 8.02. The topological polar surface area (TPSA) is 79.2 Å². The molecule has 2 aromatic rings. The third-order valence-corrected chi connectivity index (χ3v) is 4.42. The SMILES string of the molecule is Cc1cc(F)ccc1-n1cc(O)c(C(=O)NC2CCNCC2C)n1.Cl. The van der Waals surface area contributed by atoms with Crippen molar-refractivity contribution in [3.8, 4) is 11.4 Å². The lowest BCUT2D eigenvalue weighted by Gasteiger charge is -2.29. The fourth-order valence-corrected chi connectivity index (χ4v) is 2.99. The van der Waals surface area contributed by atoms with Crippen molar-refractivity contribution in [2.24, 2.45) is 5.92 Å². The molecule has 0 radical (unpaired) electrons. The van der Waals surface area contributed by atoms with Crippen LogP contribution in [0.25, 0.3) is 5.69 Å². The summed E-state index contributed by atoms with van der Waals surface area (Å²) in [6, 6.07) is 4.31. The number of hydrogen-bond acceptors (Lipinski definition) is 4. The summed E-state index contributed by atoms with van der Waals surface area (Å²) in [5.74, 6) is -0.626. The molecule has 3 N–H and O–H groups in total. The van der Waals surface area contributed by atoms with Gasteiger partial charge in [-0.2, -0.15) is 5.10 Å². The zero-order valence-corrected chi connectivity index (χ0v) is 14.9. The molecule has 8 heteroatoms. The molecule has 0 aliphatic carbocycles. The Morgan fingerprint density at radius 1 is 1.48 bits per heavy atom. The lowest BCUT2D eigenvalue weighted by Crippen LogP contribution is -2.48. The standard InChI is InChI=1S/C17H21FN4O2.ClH/c1-10-7-12(18)3-4-14(10)22-9-15(23)16(21-22)17(24)20-13-5-6-19-8-11(13)2;/h3-4,7,9,11,13,19,23H,5-6,8H2,1-2H3,(H,20,24);1H. The lowest BCUT2D eigenvalue weighted by atomic mass is 9.95. The van der Waals surface area contributed by atoms with Gasteiger partial charge in [-0.05, 0) is 56.1 Å². The average molecular weight is 369 g/mol. The quantitative estimate of drug-likeness (QED) is 0.775. The molecule has 0 saturated carbocycles. The Labute approximate surface area is 151 Å². The Morgan fingerprint density at radius 2 is 2.24 bits per heavy atom. The molecule has 1 aromatic carbocycles. The Balaban J connectivity index is 0.00000225. The van der Waals surface area contributed by atoms with Crippen molar-refractivity contribution >= 4 is 18.3 Å². The monoisotopic (exact) mass is 368 g/mol. The van der Waals surface area contributed by atoms with Gasteiger partial charge in [0.2, 0.25) is 0 Å². The van der Waals surface area contributed by atoms with E-state index in [0.29, 0.717) is 17.2 Å². The molecule has 2 atom stereocenters. The lowest BCUT2D eigenvalue weighted by molar-refractivity contribution is 0.0906. The normalized spacial score (nSPS) is 20.0. The summed E-state index contributed by atoms with van der Waals surface area (Å²) in [4.78, 5) is 12.4. The number of nitrogens with one attached hydrogen (secondary N) is 2. The molecule has 1 aliphatic heterocycles. The highest BCUT2D eigenvalue weighted by Crippen LogP contribution is 2.21. The van der Waals surface area contributed by atoms with Crippen LogP contribution in [0, 0.1) is 18.7 Å². The number of aryl methyl sites for hydroxylation is 1.